The van der Waals surface area contributed by atoms with E-state index in [-0.39, 0.29) is 0 Å². The summed E-state index contributed by atoms with van der Waals surface area (Å²) in [5.41, 5.74) is 3.75. The molecular formula is C17H25N3O. The van der Waals surface area contributed by atoms with Crippen molar-refractivity contribution in [1.82, 2.24) is 15.1 Å². The zero-order valence-electron chi connectivity index (χ0n) is 13.2. The minimum absolute atomic E-state index is 0.411. The molecule has 1 heterocycles. The van der Waals surface area contributed by atoms with Crippen LogP contribution >= 0.6 is 0 Å². The van der Waals surface area contributed by atoms with Gasteiger partial charge in [0.25, 0.3) is 0 Å². The average Bonchev–Trinajstić information content (AvgIpc) is 3.24. The van der Waals surface area contributed by atoms with Gasteiger partial charge >= 0.3 is 0 Å². The Bertz CT molecular complexity index is 616. The Hall–Kier alpha value is -1.39. The Morgan fingerprint density at radius 3 is 2.95 bits per heavy atom. The van der Waals surface area contributed by atoms with Crippen molar-refractivity contribution in [1.29, 1.82) is 0 Å². The van der Waals surface area contributed by atoms with Gasteiger partial charge in [0.15, 0.2) is 0 Å². The van der Waals surface area contributed by atoms with E-state index in [0.717, 1.165) is 25.5 Å². The van der Waals surface area contributed by atoms with Gasteiger partial charge in [-0.15, -0.1) is 0 Å². The fourth-order valence-electron chi connectivity index (χ4n) is 2.89. The fourth-order valence-corrected chi connectivity index (χ4v) is 2.89. The molecule has 1 aliphatic carbocycles. The molecule has 1 aromatic carbocycles. The van der Waals surface area contributed by atoms with Crippen LogP contribution in [0.25, 0.3) is 10.9 Å². The molecule has 1 aliphatic rings. The van der Waals surface area contributed by atoms with Crippen molar-refractivity contribution >= 4 is 10.9 Å². The number of aromatic nitrogens is 2. The summed E-state index contributed by atoms with van der Waals surface area (Å²) in [6.07, 6.45) is 4.63. The molecule has 0 aliphatic heterocycles. The highest BCUT2D eigenvalue weighted by atomic mass is 16.5. The quantitative estimate of drug-likeness (QED) is 0.796. The molecule has 0 radical (unpaired) electrons. The van der Waals surface area contributed by atoms with Crippen LogP contribution in [-0.4, -0.2) is 29.5 Å². The van der Waals surface area contributed by atoms with Crippen LogP contribution in [-0.2, 0) is 18.2 Å². The molecule has 4 nitrogen and oxygen atoms in total. The second-order valence-corrected chi connectivity index (χ2v) is 6.11. The van der Waals surface area contributed by atoms with Crippen molar-refractivity contribution in [3.63, 3.8) is 0 Å². The van der Waals surface area contributed by atoms with Crippen LogP contribution in [0.1, 0.15) is 43.5 Å². The molecule has 1 saturated carbocycles. The maximum Gasteiger partial charge on any atom is 0.0704 e. The molecule has 1 fully saturated rings. The lowest BCUT2D eigenvalue weighted by Gasteiger charge is -2.14. The van der Waals surface area contributed by atoms with E-state index < -0.39 is 0 Å². The van der Waals surface area contributed by atoms with E-state index in [0.29, 0.717) is 6.04 Å². The summed E-state index contributed by atoms with van der Waals surface area (Å²) in [7, 11) is 3.77. The minimum Gasteiger partial charge on any atom is -0.385 e. The average molecular weight is 287 g/mol. The Kier molecular flexibility index (Phi) is 4.27. The number of nitrogens with one attached hydrogen (secondary N) is 1. The molecule has 114 valence electrons. The van der Waals surface area contributed by atoms with Gasteiger partial charge in [0.05, 0.1) is 11.2 Å². The molecule has 1 N–H and O–H groups in total. The first-order chi connectivity index (χ1) is 10.2. The number of hydrogen-bond acceptors (Lipinski definition) is 3. The second-order valence-electron chi connectivity index (χ2n) is 6.11. The number of nitrogens with zero attached hydrogens (tertiary/aromatic N) is 2. The summed E-state index contributed by atoms with van der Waals surface area (Å²) in [4.78, 5) is 0. The highest BCUT2D eigenvalue weighted by Crippen LogP contribution is 2.27. The third-order valence-corrected chi connectivity index (χ3v) is 4.28. The Labute approximate surface area is 126 Å². The highest BCUT2D eigenvalue weighted by Gasteiger charge is 2.23. The van der Waals surface area contributed by atoms with Gasteiger partial charge in [-0.3, -0.25) is 4.68 Å². The second kappa shape index (κ2) is 6.16. The lowest BCUT2D eigenvalue weighted by atomic mass is 10.0. The maximum absolute atomic E-state index is 5.15. The van der Waals surface area contributed by atoms with Crippen LogP contribution in [0.3, 0.4) is 0 Å². The lowest BCUT2D eigenvalue weighted by Crippen LogP contribution is -2.20. The number of benzene rings is 1. The molecule has 1 aromatic heterocycles. The van der Waals surface area contributed by atoms with Crippen LogP contribution in [0, 0.1) is 0 Å². The van der Waals surface area contributed by atoms with Gasteiger partial charge in [-0.2, -0.15) is 5.10 Å². The molecule has 3 rings (SSSR count). The number of ether oxygens (including phenoxy) is 1. The first-order valence-electron chi connectivity index (χ1n) is 7.89. The number of aryl methyl sites for hydroxylation is 2. The van der Waals surface area contributed by atoms with E-state index in [1.54, 1.807) is 7.11 Å². The van der Waals surface area contributed by atoms with Gasteiger partial charge in [-0.1, -0.05) is 6.07 Å². The molecule has 21 heavy (non-hydrogen) atoms. The number of hydrogen-bond donors (Lipinski definition) is 1. The first kappa shape index (κ1) is 14.5. The summed E-state index contributed by atoms with van der Waals surface area (Å²) in [5, 5.41) is 9.63. The van der Waals surface area contributed by atoms with Crippen molar-refractivity contribution in [3.05, 3.63) is 29.5 Å². The van der Waals surface area contributed by atoms with E-state index in [4.69, 9.17) is 4.74 Å². The van der Waals surface area contributed by atoms with Gasteiger partial charge in [-0.05, 0) is 50.3 Å². The molecule has 0 amide bonds. The fraction of sp³-hybridized carbons (Fsp3) is 0.588. The largest absolute Gasteiger partial charge is 0.385 e. The van der Waals surface area contributed by atoms with Gasteiger partial charge in [0, 0.05) is 38.2 Å². The summed E-state index contributed by atoms with van der Waals surface area (Å²) in [6.45, 7) is 3.04. The Balaban J connectivity index is 1.84. The summed E-state index contributed by atoms with van der Waals surface area (Å²) in [5.74, 6) is 0. The van der Waals surface area contributed by atoms with Crippen LogP contribution in [0.5, 0.6) is 0 Å². The summed E-state index contributed by atoms with van der Waals surface area (Å²) in [6, 6.07) is 7.87. The standard InChI is InChI=1S/C17H25N3O/c1-12(18-14-7-8-14)13-6-9-17-15(11-13)16(19-20(17)2)5-4-10-21-3/h6,9,11-12,14,18H,4-5,7-8,10H2,1-3H3. The number of fused-ring (bicyclic) bond motifs is 1. The number of rotatable bonds is 7. The van der Waals surface area contributed by atoms with Crippen molar-refractivity contribution in [3.8, 4) is 0 Å². The summed E-state index contributed by atoms with van der Waals surface area (Å²) < 4.78 is 7.14. The monoisotopic (exact) mass is 287 g/mol. The molecule has 0 spiro atoms. The maximum atomic E-state index is 5.15. The van der Waals surface area contributed by atoms with E-state index in [1.807, 2.05) is 11.7 Å². The third-order valence-electron chi connectivity index (χ3n) is 4.28. The topological polar surface area (TPSA) is 39.1 Å². The SMILES string of the molecule is COCCCc1nn(C)c2ccc(C(C)NC3CC3)cc12. The van der Waals surface area contributed by atoms with E-state index in [2.05, 4.69) is 35.5 Å². The van der Waals surface area contributed by atoms with Gasteiger partial charge in [0.1, 0.15) is 0 Å². The van der Waals surface area contributed by atoms with Gasteiger partial charge in [-0.25, -0.2) is 0 Å². The van der Waals surface area contributed by atoms with Crippen LogP contribution < -0.4 is 5.32 Å². The predicted molar refractivity (Wildman–Crippen MR) is 85.5 cm³/mol. The van der Waals surface area contributed by atoms with Crippen LogP contribution in [0.4, 0.5) is 0 Å². The predicted octanol–water partition coefficient (Wildman–Crippen LogP) is 2.97. The van der Waals surface area contributed by atoms with E-state index in [9.17, 15) is 0 Å². The Morgan fingerprint density at radius 1 is 1.43 bits per heavy atom. The normalized spacial score (nSPS) is 16.5. The first-order valence-corrected chi connectivity index (χ1v) is 7.89. The molecule has 0 saturated heterocycles. The molecule has 2 aromatic rings. The van der Waals surface area contributed by atoms with Crippen molar-refractivity contribution in [2.75, 3.05) is 13.7 Å². The van der Waals surface area contributed by atoms with Crippen molar-refractivity contribution in [2.24, 2.45) is 7.05 Å². The molecular weight excluding hydrogens is 262 g/mol. The highest BCUT2D eigenvalue weighted by molar-refractivity contribution is 5.82. The molecule has 1 atom stereocenters. The lowest BCUT2D eigenvalue weighted by molar-refractivity contribution is 0.195. The van der Waals surface area contributed by atoms with E-state index >= 15 is 0 Å². The van der Waals surface area contributed by atoms with Gasteiger partial charge < -0.3 is 10.1 Å². The van der Waals surface area contributed by atoms with Crippen molar-refractivity contribution < 1.29 is 4.74 Å². The molecule has 4 heteroatoms. The zero-order valence-corrected chi connectivity index (χ0v) is 13.2. The summed E-state index contributed by atoms with van der Waals surface area (Å²) >= 11 is 0. The van der Waals surface area contributed by atoms with E-state index in [1.165, 1.54) is 35.0 Å². The third kappa shape index (κ3) is 3.27. The minimum atomic E-state index is 0.411. The molecule has 1 unspecified atom stereocenters. The van der Waals surface area contributed by atoms with Crippen LogP contribution in [0.15, 0.2) is 18.2 Å². The van der Waals surface area contributed by atoms with Crippen LogP contribution in [0.2, 0.25) is 0 Å². The molecule has 0 bridgehead atoms. The van der Waals surface area contributed by atoms with Crippen molar-refractivity contribution in [2.45, 2.75) is 44.7 Å². The number of methoxy groups -OCH3 is 1. The Morgan fingerprint density at radius 2 is 2.24 bits per heavy atom. The van der Waals surface area contributed by atoms with Gasteiger partial charge in [0.2, 0.25) is 0 Å². The smallest absolute Gasteiger partial charge is 0.0704 e. The zero-order chi connectivity index (χ0) is 14.8.